The summed E-state index contributed by atoms with van der Waals surface area (Å²) in [5.41, 5.74) is 1.05. The minimum Gasteiger partial charge on any atom is -0.492 e. The number of amides is 2. The van der Waals surface area contributed by atoms with Crippen molar-refractivity contribution in [3.8, 4) is 5.75 Å². The van der Waals surface area contributed by atoms with Crippen molar-refractivity contribution >= 4 is 6.03 Å². The van der Waals surface area contributed by atoms with Gasteiger partial charge in [-0.2, -0.15) is 0 Å². The molecule has 2 aromatic carbocycles. The Morgan fingerprint density at radius 2 is 1.84 bits per heavy atom. The Hall–Kier alpha value is -2.63. The summed E-state index contributed by atoms with van der Waals surface area (Å²) in [6, 6.07) is 12.9. The van der Waals surface area contributed by atoms with E-state index < -0.39 is 11.6 Å². The van der Waals surface area contributed by atoms with Gasteiger partial charge in [0, 0.05) is 18.7 Å². The van der Waals surface area contributed by atoms with Gasteiger partial charge in [-0.25, -0.2) is 13.6 Å². The van der Waals surface area contributed by atoms with Gasteiger partial charge in [0.05, 0.1) is 6.54 Å². The standard InChI is InChI=1S/C19H22F2N2O2/c1-14(2)23(13-15-6-4-3-5-7-15)19(24)22-10-11-25-16-8-9-17(20)18(21)12-16/h3-9,12,14H,10-11,13H2,1-2H3,(H,22,24). The second-order valence-corrected chi connectivity index (χ2v) is 5.86. The Morgan fingerprint density at radius 1 is 1.12 bits per heavy atom. The number of carbonyl (C=O) groups is 1. The maximum atomic E-state index is 13.1. The van der Waals surface area contributed by atoms with E-state index in [-0.39, 0.29) is 31.0 Å². The van der Waals surface area contributed by atoms with Crippen molar-refractivity contribution in [1.82, 2.24) is 10.2 Å². The third-order valence-electron chi connectivity index (χ3n) is 3.62. The van der Waals surface area contributed by atoms with Gasteiger partial charge in [-0.15, -0.1) is 0 Å². The summed E-state index contributed by atoms with van der Waals surface area (Å²) in [6.45, 7) is 4.82. The second kappa shape index (κ2) is 9.01. The van der Waals surface area contributed by atoms with Crippen molar-refractivity contribution < 1.29 is 18.3 Å². The molecule has 0 unspecified atom stereocenters. The fraction of sp³-hybridized carbons (Fsp3) is 0.316. The lowest BCUT2D eigenvalue weighted by atomic mass is 10.2. The van der Waals surface area contributed by atoms with Crippen LogP contribution in [0.1, 0.15) is 19.4 Å². The monoisotopic (exact) mass is 348 g/mol. The highest BCUT2D eigenvalue weighted by atomic mass is 19.2. The molecule has 2 amide bonds. The Labute approximate surface area is 146 Å². The lowest BCUT2D eigenvalue weighted by molar-refractivity contribution is 0.177. The van der Waals surface area contributed by atoms with Crippen LogP contribution in [0.2, 0.25) is 0 Å². The topological polar surface area (TPSA) is 41.6 Å². The lowest BCUT2D eigenvalue weighted by Crippen LogP contribution is -2.44. The third-order valence-corrected chi connectivity index (χ3v) is 3.62. The predicted molar refractivity (Wildman–Crippen MR) is 92.4 cm³/mol. The first-order valence-corrected chi connectivity index (χ1v) is 8.13. The largest absolute Gasteiger partial charge is 0.492 e. The fourth-order valence-corrected chi connectivity index (χ4v) is 2.26. The average molecular weight is 348 g/mol. The third kappa shape index (κ3) is 5.74. The molecule has 0 saturated carbocycles. The number of hydrogen-bond acceptors (Lipinski definition) is 2. The summed E-state index contributed by atoms with van der Waals surface area (Å²) < 4.78 is 31.2. The number of nitrogens with one attached hydrogen (secondary N) is 1. The Kier molecular flexibility index (Phi) is 6.74. The van der Waals surface area contributed by atoms with Crippen LogP contribution in [0.15, 0.2) is 48.5 Å². The van der Waals surface area contributed by atoms with Crippen LogP contribution in [-0.4, -0.2) is 30.1 Å². The van der Waals surface area contributed by atoms with Gasteiger partial charge in [-0.05, 0) is 31.5 Å². The first-order chi connectivity index (χ1) is 12.0. The first-order valence-electron chi connectivity index (χ1n) is 8.13. The minimum absolute atomic E-state index is 0.0346. The molecule has 6 heteroatoms. The number of ether oxygens (including phenoxy) is 1. The molecule has 0 radical (unpaired) electrons. The molecule has 0 saturated heterocycles. The van der Waals surface area contributed by atoms with E-state index in [2.05, 4.69) is 5.32 Å². The van der Waals surface area contributed by atoms with Gasteiger partial charge in [-0.1, -0.05) is 30.3 Å². The molecule has 2 aromatic rings. The van der Waals surface area contributed by atoms with Crippen LogP contribution in [0.25, 0.3) is 0 Å². The van der Waals surface area contributed by atoms with Crippen molar-refractivity contribution in [3.63, 3.8) is 0 Å². The summed E-state index contributed by atoms with van der Waals surface area (Å²) in [7, 11) is 0. The van der Waals surface area contributed by atoms with E-state index in [1.807, 2.05) is 44.2 Å². The molecular weight excluding hydrogens is 326 g/mol. The molecule has 0 aliphatic rings. The molecule has 25 heavy (non-hydrogen) atoms. The molecule has 4 nitrogen and oxygen atoms in total. The van der Waals surface area contributed by atoms with Crippen LogP contribution in [-0.2, 0) is 6.54 Å². The average Bonchev–Trinajstić information content (AvgIpc) is 2.60. The van der Waals surface area contributed by atoms with E-state index in [9.17, 15) is 13.6 Å². The first kappa shape index (κ1) is 18.7. The molecule has 0 aliphatic carbocycles. The normalized spacial score (nSPS) is 10.6. The van der Waals surface area contributed by atoms with E-state index >= 15 is 0 Å². The number of urea groups is 1. The Balaban J connectivity index is 1.81. The maximum absolute atomic E-state index is 13.1. The lowest BCUT2D eigenvalue weighted by Gasteiger charge is -2.27. The number of nitrogens with zero attached hydrogens (tertiary/aromatic N) is 1. The zero-order valence-electron chi connectivity index (χ0n) is 14.3. The minimum atomic E-state index is -0.963. The summed E-state index contributed by atoms with van der Waals surface area (Å²) in [5, 5.41) is 2.77. The zero-order chi connectivity index (χ0) is 18.2. The van der Waals surface area contributed by atoms with Crippen molar-refractivity contribution in [1.29, 1.82) is 0 Å². The summed E-state index contributed by atoms with van der Waals surface area (Å²) >= 11 is 0. The number of rotatable bonds is 7. The second-order valence-electron chi connectivity index (χ2n) is 5.86. The van der Waals surface area contributed by atoms with Gasteiger partial charge >= 0.3 is 6.03 Å². The van der Waals surface area contributed by atoms with Crippen LogP contribution in [0, 0.1) is 11.6 Å². The van der Waals surface area contributed by atoms with Crippen LogP contribution in [0.3, 0.4) is 0 Å². The number of carbonyl (C=O) groups excluding carboxylic acids is 1. The van der Waals surface area contributed by atoms with E-state index in [0.29, 0.717) is 6.54 Å². The van der Waals surface area contributed by atoms with Crippen LogP contribution >= 0.6 is 0 Å². The fourth-order valence-electron chi connectivity index (χ4n) is 2.26. The molecule has 0 heterocycles. The van der Waals surface area contributed by atoms with Gasteiger partial charge < -0.3 is 15.0 Å². The number of halogens is 2. The van der Waals surface area contributed by atoms with E-state index in [1.165, 1.54) is 6.07 Å². The summed E-state index contributed by atoms with van der Waals surface area (Å²) in [5.74, 6) is -1.66. The maximum Gasteiger partial charge on any atom is 0.318 e. The van der Waals surface area contributed by atoms with Crippen molar-refractivity contribution in [2.75, 3.05) is 13.2 Å². The van der Waals surface area contributed by atoms with E-state index in [4.69, 9.17) is 4.74 Å². The van der Waals surface area contributed by atoms with Gasteiger partial charge in [-0.3, -0.25) is 0 Å². The Morgan fingerprint density at radius 3 is 2.48 bits per heavy atom. The van der Waals surface area contributed by atoms with Gasteiger partial charge in [0.15, 0.2) is 11.6 Å². The van der Waals surface area contributed by atoms with Crippen LogP contribution in [0.5, 0.6) is 5.75 Å². The molecule has 0 atom stereocenters. The molecule has 1 N–H and O–H groups in total. The Bertz CT molecular complexity index is 693. The molecule has 0 aliphatic heterocycles. The number of benzene rings is 2. The molecule has 0 fully saturated rings. The van der Waals surface area contributed by atoms with Crippen LogP contribution < -0.4 is 10.1 Å². The molecular formula is C19H22F2N2O2. The van der Waals surface area contributed by atoms with E-state index in [1.54, 1.807) is 4.90 Å². The summed E-state index contributed by atoms with van der Waals surface area (Å²) in [6.07, 6.45) is 0. The molecule has 0 bridgehead atoms. The summed E-state index contributed by atoms with van der Waals surface area (Å²) in [4.78, 5) is 14.1. The SMILES string of the molecule is CC(C)N(Cc1ccccc1)C(=O)NCCOc1ccc(F)c(F)c1. The number of hydrogen-bond donors (Lipinski definition) is 1. The van der Waals surface area contributed by atoms with Gasteiger partial charge in [0.1, 0.15) is 12.4 Å². The molecule has 2 rings (SSSR count). The quantitative estimate of drug-likeness (QED) is 0.770. The molecule has 0 aromatic heterocycles. The van der Waals surface area contributed by atoms with Crippen molar-refractivity contribution in [3.05, 3.63) is 65.7 Å². The van der Waals surface area contributed by atoms with Crippen LogP contribution in [0.4, 0.5) is 13.6 Å². The smallest absolute Gasteiger partial charge is 0.318 e. The molecule has 0 spiro atoms. The highest BCUT2D eigenvalue weighted by Crippen LogP contribution is 2.15. The molecule has 134 valence electrons. The zero-order valence-corrected chi connectivity index (χ0v) is 14.3. The van der Waals surface area contributed by atoms with Crippen molar-refractivity contribution in [2.24, 2.45) is 0 Å². The van der Waals surface area contributed by atoms with Gasteiger partial charge in [0.2, 0.25) is 0 Å². The highest BCUT2D eigenvalue weighted by Gasteiger charge is 2.16. The highest BCUT2D eigenvalue weighted by molar-refractivity contribution is 5.74. The van der Waals surface area contributed by atoms with Crippen molar-refractivity contribution in [2.45, 2.75) is 26.4 Å². The van der Waals surface area contributed by atoms with E-state index in [0.717, 1.165) is 17.7 Å². The van der Waals surface area contributed by atoms with Gasteiger partial charge in [0.25, 0.3) is 0 Å². The predicted octanol–water partition coefficient (Wildman–Crippen LogP) is 3.96.